The first-order valence-corrected chi connectivity index (χ1v) is 8.12. The van der Waals surface area contributed by atoms with Crippen LogP contribution in [0, 0.1) is 5.92 Å². The van der Waals surface area contributed by atoms with Crippen molar-refractivity contribution in [3.05, 3.63) is 35.5 Å². The summed E-state index contributed by atoms with van der Waals surface area (Å²) in [6.07, 6.45) is 1.82. The van der Waals surface area contributed by atoms with E-state index in [0.29, 0.717) is 5.69 Å². The summed E-state index contributed by atoms with van der Waals surface area (Å²) >= 11 is 1.44. The van der Waals surface area contributed by atoms with Crippen LogP contribution in [0.5, 0.6) is 0 Å². The van der Waals surface area contributed by atoms with Gasteiger partial charge in [-0.2, -0.15) is 0 Å². The summed E-state index contributed by atoms with van der Waals surface area (Å²) < 4.78 is 4.71. The Morgan fingerprint density at radius 1 is 1.35 bits per heavy atom. The van der Waals surface area contributed by atoms with Gasteiger partial charge in [0.1, 0.15) is 11.0 Å². The van der Waals surface area contributed by atoms with Crippen molar-refractivity contribution in [1.29, 1.82) is 0 Å². The van der Waals surface area contributed by atoms with Gasteiger partial charge in [-0.05, 0) is 18.1 Å². The average Bonchev–Trinajstić information content (AvgIpc) is 3.01. The van der Waals surface area contributed by atoms with Gasteiger partial charge >= 0.3 is 5.97 Å². The summed E-state index contributed by atoms with van der Waals surface area (Å²) in [6.45, 7) is 3.70. The third-order valence-corrected chi connectivity index (χ3v) is 4.13. The Labute approximate surface area is 138 Å². The van der Waals surface area contributed by atoms with E-state index in [0.717, 1.165) is 10.7 Å². The Morgan fingerprint density at radius 3 is 2.74 bits per heavy atom. The minimum atomic E-state index is -0.651. The molecule has 2 rings (SSSR count). The molecule has 0 aliphatic carbocycles. The van der Waals surface area contributed by atoms with Crippen LogP contribution in [-0.2, 0) is 20.7 Å². The summed E-state index contributed by atoms with van der Waals surface area (Å²) in [5, 5.41) is 5.29. The van der Waals surface area contributed by atoms with Gasteiger partial charge in [0.15, 0.2) is 0 Å². The maximum atomic E-state index is 12.1. The molecule has 1 N–H and O–H groups in total. The van der Waals surface area contributed by atoms with Crippen LogP contribution in [0.25, 0.3) is 10.7 Å². The van der Waals surface area contributed by atoms with Gasteiger partial charge < -0.3 is 10.1 Å². The predicted molar refractivity (Wildman–Crippen MR) is 87.8 cm³/mol. The number of esters is 1. The molecule has 2 heterocycles. The highest BCUT2D eigenvalue weighted by Gasteiger charge is 2.25. The molecule has 0 bridgehead atoms. The van der Waals surface area contributed by atoms with Crippen molar-refractivity contribution in [3.8, 4) is 10.7 Å². The van der Waals surface area contributed by atoms with Gasteiger partial charge in [0, 0.05) is 11.6 Å². The number of rotatable bonds is 6. The molecule has 122 valence electrons. The Bertz CT molecular complexity index is 670. The second-order valence-electron chi connectivity index (χ2n) is 5.35. The number of hydrogen-bond donors (Lipinski definition) is 1. The number of aromatic nitrogens is 2. The summed E-state index contributed by atoms with van der Waals surface area (Å²) in [5.41, 5.74) is 1.43. The van der Waals surface area contributed by atoms with Crippen LogP contribution in [-0.4, -0.2) is 35.0 Å². The van der Waals surface area contributed by atoms with E-state index in [2.05, 4.69) is 15.3 Å². The van der Waals surface area contributed by atoms with Crippen LogP contribution in [0.2, 0.25) is 0 Å². The van der Waals surface area contributed by atoms with Crippen molar-refractivity contribution < 1.29 is 14.3 Å². The van der Waals surface area contributed by atoms with Gasteiger partial charge in [-0.25, -0.2) is 9.78 Å². The lowest BCUT2D eigenvalue weighted by Gasteiger charge is -2.19. The first-order chi connectivity index (χ1) is 11.0. The maximum Gasteiger partial charge on any atom is 0.328 e. The lowest BCUT2D eigenvalue weighted by atomic mass is 10.0. The second-order valence-corrected chi connectivity index (χ2v) is 6.21. The molecule has 0 unspecified atom stereocenters. The molecule has 6 nitrogen and oxygen atoms in total. The van der Waals surface area contributed by atoms with Crippen molar-refractivity contribution in [2.24, 2.45) is 5.92 Å². The zero-order valence-electron chi connectivity index (χ0n) is 13.3. The second kappa shape index (κ2) is 7.82. The number of methoxy groups -OCH3 is 1. The smallest absolute Gasteiger partial charge is 0.328 e. The normalized spacial score (nSPS) is 12.0. The first kappa shape index (κ1) is 17.1. The highest BCUT2D eigenvalue weighted by atomic mass is 32.1. The zero-order chi connectivity index (χ0) is 16.8. The van der Waals surface area contributed by atoms with Crippen molar-refractivity contribution in [3.63, 3.8) is 0 Å². The molecule has 2 aromatic heterocycles. The van der Waals surface area contributed by atoms with Gasteiger partial charge in [-0.1, -0.05) is 19.9 Å². The minimum absolute atomic E-state index is 0.0501. The number of pyridine rings is 1. The van der Waals surface area contributed by atoms with Crippen LogP contribution < -0.4 is 5.32 Å². The van der Waals surface area contributed by atoms with E-state index in [9.17, 15) is 9.59 Å². The zero-order valence-corrected chi connectivity index (χ0v) is 14.1. The number of nitrogens with one attached hydrogen (secondary N) is 1. The lowest BCUT2D eigenvalue weighted by Crippen LogP contribution is -2.45. The maximum absolute atomic E-state index is 12.1. The van der Waals surface area contributed by atoms with Crippen molar-refractivity contribution in [2.45, 2.75) is 26.3 Å². The molecule has 0 aliphatic heterocycles. The van der Waals surface area contributed by atoms with Crippen LogP contribution in [0.15, 0.2) is 29.8 Å². The highest BCUT2D eigenvalue weighted by molar-refractivity contribution is 7.13. The molecular formula is C16H19N3O3S. The topological polar surface area (TPSA) is 81.2 Å². The third-order valence-electron chi connectivity index (χ3n) is 3.22. The van der Waals surface area contributed by atoms with Crippen LogP contribution in [0.1, 0.15) is 19.5 Å². The molecule has 0 aliphatic rings. The quantitative estimate of drug-likeness (QED) is 0.818. The summed E-state index contributed by atoms with van der Waals surface area (Å²) in [4.78, 5) is 32.4. The highest BCUT2D eigenvalue weighted by Crippen LogP contribution is 2.21. The molecule has 1 atom stereocenters. The molecule has 0 saturated heterocycles. The number of carbonyl (C=O) groups is 2. The van der Waals surface area contributed by atoms with E-state index >= 15 is 0 Å². The Balaban J connectivity index is 2.01. The number of carbonyl (C=O) groups excluding carboxylic acids is 2. The molecule has 0 radical (unpaired) electrons. The number of ether oxygens (including phenoxy) is 1. The van der Waals surface area contributed by atoms with Crippen LogP contribution in [0.4, 0.5) is 0 Å². The molecular weight excluding hydrogens is 314 g/mol. The van der Waals surface area contributed by atoms with Gasteiger partial charge in [0.05, 0.1) is 24.9 Å². The van der Waals surface area contributed by atoms with E-state index < -0.39 is 12.0 Å². The fourth-order valence-corrected chi connectivity index (χ4v) is 2.80. The number of hydrogen-bond acceptors (Lipinski definition) is 6. The summed E-state index contributed by atoms with van der Waals surface area (Å²) in [5.74, 6) is -0.751. The molecule has 0 spiro atoms. The van der Waals surface area contributed by atoms with Crippen molar-refractivity contribution in [1.82, 2.24) is 15.3 Å². The van der Waals surface area contributed by atoms with E-state index in [1.54, 1.807) is 6.20 Å². The minimum Gasteiger partial charge on any atom is -0.467 e. The van der Waals surface area contributed by atoms with Crippen molar-refractivity contribution >= 4 is 23.2 Å². The number of amides is 1. The molecule has 0 saturated carbocycles. The third kappa shape index (κ3) is 4.59. The van der Waals surface area contributed by atoms with E-state index in [1.165, 1.54) is 18.4 Å². The first-order valence-electron chi connectivity index (χ1n) is 7.24. The van der Waals surface area contributed by atoms with Crippen LogP contribution >= 0.6 is 11.3 Å². The molecule has 23 heavy (non-hydrogen) atoms. The summed E-state index contributed by atoms with van der Waals surface area (Å²) in [6, 6.07) is 4.94. The number of nitrogens with zero attached hydrogens (tertiary/aromatic N) is 2. The van der Waals surface area contributed by atoms with E-state index in [-0.39, 0.29) is 18.2 Å². The predicted octanol–water partition coefficient (Wildman–Crippen LogP) is 2.06. The molecule has 2 aromatic rings. The standard InChI is InChI=1S/C16H19N3O3S/c1-10(2)14(16(21)22-3)19-13(20)8-11-9-23-15(18-11)12-6-4-5-7-17-12/h4-7,9-10,14H,8H2,1-3H3,(H,19,20)/t14-/m0/s1. The van der Waals surface area contributed by atoms with E-state index in [4.69, 9.17) is 4.74 Å². The van der Waals surface area contributed by atoms with Crippen molar-refractivity contribution in [2.75, 3.05) is 7.11 Å². The largest absolute Gasteiger partial charge is 0.467 e. The number of thiazole rings is 1. The van der Waals surface area contributed by atoms with Gasteiger partial charge in [-0.15, -0.1) is 11.3 Å². The van der Waals surface area contributed by atoms with Gasteiger partial charge in [0.25, 0.3) is 0 Å². The average molecular weight is 333 g/mol. The monoisotopic (exact) mass is 333 g/mol. The molecule has 7 heteroatoms. The fourth-order valence-electron chi connectivity index (χ4n) is 2.01. The summed E-state index contributed by atoms with van der Waals surface area (Å²) in [7, 11) is 1.31. The Hall–Kier alpha value is -2.28. The SMILES string of the molecule is COC(=O)[C@@H](NC(=O)Cc1csc(-c2ccccn2)n1)C(C)C. The van der Waals surface area contributed by atoms with Gasteiger partial charge in [-0.3, -0.25) is 9.78 Å². The van der Waals surface area contributed by atoms with Crippen LogP contribution in [0.3, 0.4) is 0 Å². The van der Waals surface area contributed by atoms with E-state index in [1.807, 2.05) is 37.4 Å². The molecule has 0 aromatic carbocycles. The fraction of sp³-hybridized carbons (Fsp3) is 0.375. The molecule has 0 fully saturated rings. The Morgan fingerprint density at radius 2 is 2.13 bits per heavy atom. The molecule has 1 amide bonds. The lowest BCUT2D eigenvalue weighted by molar-refractivity contribution is -0.146. The Kier molecular flexibility index (Phi) is 5.81. The van der Waals surface area contributed by atoms with Gasteiger partial charge in [0.2, 0.25) is 5.91 Å².